The Kier molecular flexibility index (Phi) is 12.6. The SMILES string of the molecule is CC1=C(C)C(CC2(CC(C)C)C=CC=CC2)([SiH2]c2cc(C)cc(C)c2)[C]([Ti+3])=C1C.[Cl-].[Cl-].[Cl-]. The van der Waals surface area contributed by atoms with Gasteiger partial charge in [0.05, 0.1) is 0 Å². The van der Waals surface area contributed by atoms with E-state index in [4.69, 9.17) is 0 Å². The largest absolute Gasteiger partial charge is 1.00 e. The van der Waals surface area contributed by atoms with Gasteiger partial charge in [-0.15, -0.1) is 0 Å². The number of aryl methyl sites for hydroxylation is 2. The maximum atomic E-state index is 2.55. The average molecular weight is 544 g/mol. The van der Waals surface area contributed by atoms with Crippen LogP contribution in [0.3, 0.4) is 0 Å². The molecule has 0 saturated heterocycles. The first kappa shape index (κ1) is 32.0. The van der Waals surface area contributed by atoms with Crippen molar-refractivity contribution in [3.05, 3.63) is 74.2 Å². The van der Waals surface area contributed by atoms with Gasteiger partial charge in [0.1, 0.15) is 0 Å². The van der Waals surface area contributed by atoms with Crippen molar-refractivity contribution in [3.8, 4) is 0 Å². The minimum absolute atomic E-state index is 0. The third-order valence-electron chi connectivity index (χ3n) is 7.17. The molecule has 0 aliphatic heterocycles. The predicted molar refractivity (Wildman–Crippen MR) is 127 cm³/mol. The maximum Gasteiger partial charge on any atom is -1.00 e. The predicted octanol–water partition coefficient (Wildman–Crippen LogP) is -2.62. The van der Waals surface area contributed by atoms with Crippen molar-refractivity contribution in [3.63, 3.8) is 0 Å². The smallest absolute Gasteiger partial charge is 1.00 e. The fourth-order valence-corrected chi connectivity index (χ4v) is 10.2. The molecule has 0 fully saturated rings. The summed E-state index contributed by atoms with van der Waals surface area (Å²) >= 11 is 2.44. The molecule has 0 aromatic heterocycles. The average Bonchev–Trinajstić information content (AvgIpc) is 2.77. The van der Waals surface area contributed by atoms with Crippen LogP contribution in [0, 0.1) is 25.2 Å². The monoisotopic (exact) mass is 542 g/mol. The van der Waals surface area contributed by atoms with Gasteiger partial charge < -0.3 is 37.2 Å². The zero-order valence-corrected chi connectivity index (χ0v) is 25.8. The maximum absolute atomic E-state index is 2.55. The van der Waals surface area contributed by atoms with Gasteiger partial charge in [0, 0.05) is 0 Å². The molecule has 1 aromatic rings. The Balaban J connectivity index is 0.00000320. The van der Waals surface area contributed by atoms with E-state index in [0.29, 0.717) is 5.92 Å². The Morgan fingerprint density at radius 1 is 0.906 bits per heavy atom. The Hall–Kier alpha value is -0.0188. The number of halogens is 3. The van der Waals surface area contributed by atoms with E-state index >= 15 is 0 Å². The summed E-state index contributed by atoms with van der Waals surface area (Å²) in [6, 6.07) is 7.25. The van der Waals surface area contributed by atoms with Crippen LogP contribution in [0.4, 0.5) is 0 Å². The van der Waals surface area contributed by atoms with Gasteiger partial charge in [0.25, 0.3) is 0 Å². The van der Waals surface area contributed by atoms with Crippen LogP contribution in [-0.4, -0.2) is 9.52 Å². The summed E-state index contributed by atoms with van der Waals surface area (Å²) in [6.07, 6.45) is 13.2. The molecule has 3 rings (SSSR count). The summed E-state index contributed by atoms with van der Waals surface area (Å²) in [4.78, 5) is 0. The summed E-state index contributed by atoms with van der Waals surface area (Å²) in [5, 5.41) is 1.89. The Morgan fingerprint density at radius 3 is 1.94 bits per heavy atom. The van der Waals surface area contributed by atoms with Crippen LogP contribution in [0.15, 0.2) is 63.1 Å². The van der Waals surface area contributed by atoms with Gasteiger partial charge in [0.2, 0.25) is 0 Å². The third-order valence-corrected chi connectivity index (χ3v) is 11.6. The van der Waals surface area contributed by atoms with Crippen LogP contribution in [0.1, 0.15) is 65.0 Å². The van der Waals surface area contributed by atoms with Gasteiger partial charge in [-0.05, 0) is 0 Å². The quantitative estimate of drug-likeness (QED) is 0.345. The zero-order valence-electron chi connectivity index (χ0n) is 20.6. The Bertz CT molecular complexity index is 883. The molecule has 0 spiro atoms. The van der Waals surface area contributed by atoms with Crippen molar-refractivity contribution >= 4 is 14.7 Å². The molecule has 0 radical (unpaired) electrons. The van der Waals surface area contributed by atoms with Crippen molar-refractivity contribution in [1.29, 1.82) is 0 Å². The van der Waals surface area contributed by atoms with Crippen molar-refractivity contribution < 1.29 is 57.7 Å². The fourth-order valence-electron chi connectivity index (χ4n) is 5.88. The topological polar surface area (TPSA) is 0 Å². The molecule has 2 aliphatic rings. The molecule has 174 valence electrons. The number of hydrogen-bond acceptors (Lipinski definition) is 0. The van der Waals surface area contributed by atoms with Crippen molar-refractivity contribution in [1.82, 2.24) is 0 Å². The van der Waals surface area contributed by atoms with Gasteiger partial charge in [-0.2, -0.15) is 0 Å². The summed E-state index contributed by atoms with van der Waals surface area (Å²) in [6.45, 7) is 16.4. The van der Waals surface area contributed by atoms with Crippen LogP contribution >= 0.6 is 0 Å². The van der Waals surface area contributed by atoms with E-state index in [0.717, 1.165) is 0 Å². The van der Waals surface area contributed by atoms with E-state index in [-0.39, 0.29) is 47.7 Å². The first-order valence-electron chi connectivity index (χ1n) is 11.1. The van der Waals surface area contributed by atoms with Crippen LogP contribution in [0.25, 0.3) is 0 Å². The molecule has 0 heterocycles. The second kappa shape index (κ2) is 12.6. The standard InChI is InChI=1S/C27H37Si.3ClH.Ti/c1-19(2)16-26(11-9-8-10-12-26)18-27(17-22(5)23(6)24(27)7)28-25-14-20(3)13-21(4)15-25;;;;/h8-11,13-15,19H,12,16,18,28H2,1-7H3;3*1H;/q;;;;+3/p-3. The molecule has 0 nitrogen and oxygen atoms in total. The fraction of sp³-hybridized carbons (Fsp3) is 0.481. The van der Waals surface area contributed by atoms with Gasteiger partial charge in [-0.3, -0.25) is 0 Å². The van der Waals surface area contributed by atoms with Crippen LogP contribution in [0.2, 0.25) is 5.04 Å². The van der Waals surface area contributed by atoms with Crippen LogP contribution in [-0.2, 0) is 20.4 Å². The first-order chi connectivity index (χ1) is 13.6. The Morgan fingerprint density at radius 2 is 1.50 bits per heavy atom. The molecule has 2 aliphatic carbocycles. The van der Waals surface area contributed by atoms with Gasteiger partial charge >= 0.3 is 193 Å². The van der Waals surface area contributed by atoms with E-state index < -0.39 is 9.52 Å². The minimum atomic E-state index is -0.533. The summed E-state index contributed by atoms with van der Waals surface area (Å²) in [5.41, 5.74) is 7.86. The third kappa shape index (κ3) is 6.55. The van der Waals surface area contributed by atoms with Crippen LogP contribution < -0.4 is 42.4 Å². The van der Waals surface area contributed by atoms with E-state index in [1.807, 2.05) is 0 Å². The summed E-state index contributed by atoms with van der Waals surface area (Å²) in [7, 11) is -0.533. The van der Waals surface area contributed by atoms with Gasteiger partial charge in [-0.1, -0.05) is 0 Å². The van der Waals surface area contributed by atoms with E-state index in [1.165, 1.54) is 30.4 Å². The molecule has 0 amide bonds. The molecule has 1 aromatic carbocycles. The van der Waals surface area contributed by atoms with Crippen molar-refractivity contribution in [2.24, 2.45) is 11.3 Å². The minimum Gasteiger partial charge on any atom is -1.00 e. The summed E-state index contributed by atoms with van der Waals surface area (Å²) in [5.74, 6) is 0.711. The van der Waals surface area contributed by atoms with E-state index in [2.05, 4.69) is 111 Å². The molecule has 32 heavy (non-hydrogen) atoms. The molecular formula is C27H37Cl3SiTi. The number of rotatable bonds is 6. The van der Waals surface area contributed by atoms with Gasteiger partial charge in [-0.25, -0.2) is 0 Å². The van der Waals surface area contributed by atoms with Gasteiger partial charge in [0.15, 0.2) is 0 Å². The molecule has 0 bridgehead atoms. The molecule has 2 atom stereocenters. The van der Waals surface area contributed by atoms with Crippen molar-refractivity contribution in [2.45, 2.75) is 72.8 Å². The second-order valence-corrected chi connectivity index (χ2v) is 13.3. The van der Waals surface area contributed by atoms with E-state index in [9.17, 15) is 0 Å². The zero-order chi connectivity index (χ0) is 21.4. The molecule has 0 N–H and O–H groups in total. The normalized spacial score (nSPS) is 24.8. The summed E-state index contributed by atoms with van der Waals surface area (Å²) < 4.78 is 1.66. The second-order valence-electron chi connectivity index (χ2n) is 10.1. The Labute approximate surface area is 229 Å². The molecule has 0 saturated carbocycles. The molecule has 2 unspecified atom stereocenters. The number of hydrogen-bond donors (Lipinski definition) is 0. The first-order valence-corrected chi connectivity index (χ1v) is 13.3. The van der Waals surface area contributed by atoms with E-state index in [1.54, 1.807) is 25.8 Å². The molecule has 5 heteroatoms. The van der Waals surface area contributed by atoms with Crippen molar-refractivity contribution in [2.75, 3.05) is 0 Å². The number of benzene rings is 1. The number of allylic oxidation sites excluding steroid dienone is 8. The molecular weight excluding hydrogens is 507 g/mol. The van der Waals surface area contributed by atoms with Crippen LogP contribution in [0.5, 0.6) is 0 Å².